The lowest BCUT2D eigenvalue weighted by atomic mass is 10.2. The molecule has 2 aromatic carbocycles. The maximum absolute atomic E-state index is 13.6. The monoisotopic (exact) mass is 294 g/mol. The SMILES string of the molecule is CSc1cccc(Nc2cc(F)cc(F)c2F)c1C#N. The molecule has 0 heterocycles. The molecule has 2 rings (SSSR count). The van der Waals surface area contributed by atoms with Gasteiger partial charge in [0.25, 0.3) is 0 Å². The van der Waals surface area contributed by atoms with E-state index in [-0.39, 0.29) is 5.69 Å². The van der Waals surface area contributed by atoms with Crippen LogP contribution in [0, 0.1) is 28.8 Å². The fourth-order valence-electron chi connectivity index (χ4n) is 1.71. The molecule has 2 aromatic rings. The zero-order valence-electron chi connectivity index (χ0n) is 10.4. The van der Waals surface area contributed by atoms with E-state index < -0.39 is 17.5 Å². The van der Waals surface area contributed by atoms with Gasteiger partial charge >= 0.3 is 0 Å². The van der Waals surface area contributed by atoms with Crippen molar-refractivity contribution in [2.75, 3.05) is 11.6 Å². The third-order valence-corrected chi connectivity index (χ3v) is 3.40. The van der Waals surface area contributed by atoms with Gasteiger partial charge in [-0.25, -0.2) is 13.2 Å². The van der Waals surface area contributed by atoms with Gasteiger partial charge in [0, 0.05) is 17.0 Å². The average molecular weight is 294 g/mol. The first-order chi connectivity index (χ1) is 9.56. The second-order valence-corrected chi connectivity index (χ2v) is 4.72. The lowest BCUT2D eigenvalue weighted by Crippen LogP contribution is -2.00. The van der Waals surface area contributed by atoms with Crippen molar-refractivity contribution in [3.63, 3.8) is 0 Å². The zero-order chi connectivity index (χ0) is 14.7. The maximum atomic E-state index is 13.6. The molecule has 0 saturated carbocycles. The number of nitriles is 1. The van der Waals surface area contributed by atoms with E-state index in [1.807, 2.05) is 6.07 Å². The number of nitrogens with one attached hydrogen (secondary N) is 1. The number of rotatable bonds is 3. The van der Waals surface area contributed by atoms with Crippen molar-refractivity contribution in [1.82, 2.24) is 0 Å². The quantitative estimate of drug-likeness (QED) is 0.671. The molecule has 0 saturated heterocycles. The molecule has 0 atom stereocenters. The van der Waals surface area contributed by atoms with Gasteiger partial charge in [0.15, 0.2) is 11.6 Å². The summed E-state index contributed by atoms with van der Waals surface area (Å²) in [7, 11) is 0. The summed E-state index contributed by atoms with van der Waals surface area (Å²) in [5.74, 6) is -3.37. The number of halogens is 3. The highest BCUT2D eigenvalue weighted by Gasteiger charge is 2.14. The van der Waals surface area contributed by atoms with Crippen molar-refractivity contribution in [2.45, 2.75) is 4.90 Å². The number of benzene rings is 2. The second-order valence-electron chi connectivity index (χ2n) is 3.87. The number of hydrogen-bond acceptors (Lipinski definition) is 3. The Labute approximate surface area is 118 Å². The molecule has 0 radical (unpaired) electrons. The number of thioether (sulfide) groups is 1. The number of anilines is 2. The Morgan fingerprint density at radius 3 is 2.55 bits per heavy atom. The lowest BCUT2D eigenvalue weighted by molar-refractivity contribution is 0.498. The number of hydrogen-bond donors (Lipinski definition) is 1. The minimum atomic E-state index is -1.29. The third-order valence-electron chi connectivity index (χ3n) is 2.62. The smallest absolute Gasteiger partial charge is 0.182 e. The molecule has 102 valence electrons. The zero-order valence-corrected chi connectivity index (χ0v) is 11.2. The third kappa shape index (κ3) is 2.73. The van der Waals surface area contributed by atoms with Gasteiger partial charge in [-0.2, -0.15) is 5.26 Å². The van der Waals surface area contributed by atoms with Gasteiger partial charge in [-0.3, -0.25) is 0 Å². The van der Waals surface area contributed by atoms with Crippen molar-refractivity contribution in [3.8, 4) is 6.07 Å². The van der Waals surface area contributed by atoms with E-state index in [1.165, 1.54) is 11.8 Å². The van der Waals surface area contributed by atoms with E-state index in [4.69, 9.17) is 5.26 Å². The average Bonchev–Trinajstić information content (AvgIpc) is 2.43. The Bertz CT molecular complexity index is 696. The molecular weight excluding hydrogens is 285 g/mol. The van der Waals surface area contributed by atoms with E-state index >= 15 is 0 Å². The van der Waals surface area contributed by atoms with E-state index in [0.29, 0.717) is 22.2 Å². The van der Waals surface area contributed by atoms with Crippen LogP contribution in [0.4, 0.5) is 24.5 Å². The van der Waals surface area contributed by atoms with Crippen LogP contribution >= 0.6 is 11.8 Å². The van der Waals surface area contributed by atoms with Crippen LogP contribution in [-0.2, 0) is 0 Å². The van der Waals surface area contributed by atoms with Crippen LogP contribution in [0.15, 0.2) is 35.2 Å². The van der Waals surface area contributed by atoms with Crippen molar-refractivity contribution in [3.05, 3.63) is 53.3 Å². The molecule has 6 heteroatoms. The van der Waals surface area contributed by atoms with Gasteiger partial charge in [0.1, 0.15) is 11.9 Å². The van der Waals surface area contributed by atoms with E-state index in [9.17, 15) is 13.2 Å². The van der Waals surface area contributed by atoms with E-state index in [0.717, 1.165) is 6.07 Å². The van der Waals surface area contributed by atoms with E-state index in [2.05, 4.69) is 5.32 Å². The van der Waals surface area contributed by atoms with Gasteiger partial charge in [0.2, 0.25) is 0 Å². The van der Waals surface area contributed by atoms with Gasteiger partial charge in [0.05, 0.1) is 16.9 Å². The summed E-state index contributed by atoms with van der Waals surface area (Å²) in [4.78, 5) is 0.690. The van der Waals surface area contributed by atoms with Crippen LogP contribution in [0.3, 0.4) is 0 Å². The summed E-state index contributed by atoms with van der Waals surface area (Å²) in [6, 6.07) is 8.24. The molecule has 0 amide bonds. The van der Waals surface area contributed by atoms with E-state index in [1.54, 1.807) is 24.5 Å². The van der Waals surface area contributed by atoms with Crippen LogP contribution in [0.5, 0.6) is 0 Å². The molecule has 0 aliphatic carbocycles. The largest absolute Gasteiger partial charge is 0.352 e. The fourth-order valence-corrected chi connectivity index (χ4v) is 2.29. The predicted molar refractivity (Wildman–Crippen MR) is 72.5 cm³/mol. The summed E-state index contributed by atoms with van der Waals surface area (Å²) in [6.07, 6.45) is 1.79. The van der Waals surface area contributed by atoms with Gasteiger partial charge < -0.3 is 5.32 Å². The van der Waals surface area contributed by atoms with Crippen molar-refractivity contribution in [1.29, 1.82) is 5.26 Å². The molecule has 0 aliphatic heterocycles. The van der Waals surface area contributed by atoms with Gasteiger partial charge in [-0.15, -0.1) is 11.8 Å². The molecule has 2 nitrogen and oxygen atoms in total. The molecule has 0 bridgehead atoms. The first-order valence-corrected chi connectivity index (χ1v) is 6.78. The van der Waals surface area contributed by atoms with Crippen molar-refractivity contribution in [2.24, 2.45) is 0 Å². The van der Waals surface area contributed by atoms with Crippen molar-refractivity contribution >= 4 is 23.1 Å². The Morgan fingerprint density at radius 2 is 1.90 bits per heavy atom. The summed E-state index contributed by atoms with van der Waals surface area (Å²) < 4.78 is 39.9. The van der Waals surface area contributed by atoms with Crippen LogP contribution in [0.2, 0.25) is 0 Å². The maximum Gasteiger partial charge on any atom is 0.182 e. The summed E-state index contributed by atoms with van der Waals surface area (Å²) in [5.41, 5.74) is 0.240. The minimum absolute atomic E-state index is 0.295. The topological polar surface area (TPSA) is 35.8 Å². The number of nitrogens with zero attached hydrogens (tertiary/aromatic N) is 1. The molecule has 1 N–H and O–H groups in total. The normalized spacial score (nSPS) is 10.2. The fraction of sp³-hybridized carbons (Fsp3) is 0.0714. The Kier molecular flexibility index (Phi) is 4.20. The van der Waals surface area contributed by atoms with Crippen molar-refractivity contribution < 1.29 is 13.2 Å². The standard InChI is InChI=1S/C14H9F3N2S/c1-20-13-4-2-3-11(9(13)7-18)19-12-6-8(15)5-10(16)14(12)17/h2-6,19H,1H3. The molecule has 0 aliphatic rings. The molecule has 0 unspecified atom stereocenters. The van der Waals surface area contributed by atoms with Gasteiger partial charge in [-0.05, 0) is 18.4 Å². The molecule has 0 fully saturated rings. The van der Waals surface area contributed by atoms with Gasteiger partial charge in [-0.1, -0.05) is 6.07 Å². The first-order valence-electron chi connectivity index (χ1n) is 5.55. The summed E-state index contributed by atoms with van der Waals surface area (Å²) in [6.45, 7) is 0. The van der Waals surface area contributed by atoms with Crippen LogP contribution in [0.25, 0.3) is 0 Å². The highest BCUT2D eigenvalue weighted by atomic mass is 32.2. The van der Waals surface area contributed by atoms with Crippen LogP contribution in [-0.4, -0.2) is 6.26 Å². The predicted octanol–water partition coefficient (Wildman–Crippen LogP) is 4.44. The van der Waals surface area contributed by atoms with Crippen LogP contribution < -0.4 is 5.32 Å². The minimum Gasteiger partial charge on any atom is -0.352 e. The molecule has 0 aromatic heterocycles. The van der Waals surface area contributed by atoms with Crippen LogP contribution in [0.1, 0.15) is 5.56 Å². The Balaban J connectivity index is 2.48. The highest BCUT2D eigenvalue weighted by molar-refractivity contribution is 7.98. The lowest BCUT2D eigenvalue weighted by Gasteiger charge is -2.11. The Morgan fingerprint density at radius 1 is 1.15 bits per heavy atom. The highest BCUT2D eigenvalue weighted by Crippen LogP contribution is 2.30. The molecule has 20 heavy (non-hydrogen) atoms. The summed E-state index contributed by atoms with van der Waals surface area (Å²) >= 11 is 1.35. The molecule has 0 spiro atoms. The first kappa shape index (κ1) is 14.3. The second kappa shape index (κ2) is 5.88. The Hall–Kier alpha value is -2.13. The summed E-state index contributed by atoms with van der Waals surface area (Å²) in [5, 5.41) is 11.7. The molecular formula is C14H9F3N2S.